The van der Waals surface area contributed by atoms with Crippen LogP contribution < -0.4 is 5.43 Å². The van der Waals surface area contributed by atoms with Crippen molar-refractivity contribution in [2.45, 2.75) is 25.8 Å². The van der Waals surface area contributed by atoms with Crippen molar-refractivity contribution in [2.24, 2.45) is 10.1 Å². The van der Waals surface area contributed by atoms with E-state index in [0.717, 1.165) is 16.6 Å². The van der Waals surface area contributed by atoms with Gasteiger partial charge in [-0.1, -0.05) is 41.6 Å². The molecule has 0 bridgehead atoms. The number of benzene rings is 1. The SMILES string of the molecule is Cc1ccc(C2=NNC(=NC3CC3)SC2)cc1.Cl. The van der Waals surface area contributed by atoms with Gasteiger partial charge in [-0.05, 0) is 25.3 Å². The maximum atomic E-state index is 4.55. The lowest BCUT2D eigenvalue weighted by Crippen LogP contribution is -2.25. The van der Waals surface area contributed by atoms with Crippen LogP contribution in [-0.4, -0.2) is 22.7 Å². The standard InChI is InChI=1S/C13H15N3S.ClH/c1-9-2-4-10(5-3-9)12-8-17-13(16-15-12)14-11-6-7-11;/h2-5,11H,6-8H2,1H3,(H,14,16);1H. The molecule has 0 atom stereocenters. The van der Waals surface area contributed by atoms with Crippen LogP contribution >= 0.6 is 24.2 Å². The summed E-state index contributed by atoms with van der Waals surface area (Å²) < 4.78 is 0. The van der Waals surface area contributed by atoms with Crippen LogP contribution in [0, 0.1) is 6.92 Å². The summed E-state index contributed by atoms with van der Waals surface area (Å²) in [6, 6.07) is 9.05. The number of hydrogen-bond acceptors (Lipinski definition) is 3. The largest absolute Gasteiger partial charge is 0.258 e. The molecular weight excluding hydrogens is 266 g/mol. The van der Waals surface area contributed by atoms with Crippen molar-refractivity contribution in [2.75, 3.05) is 5.75 Å². The number of hydrogen-bond donors (Lipinski definition) is 1. The molecule has 5 heteroatoms. The summed E-state index contributed by atoms with van der Waals surface area (Å²) in [5.41, 5.74) is 6.63. The van der Waals surface area contributed by atoms with Gasteiger partial charge < -0.3 is 0 Å². The third-order valence-corrected chi connectivity index (χ3v) is 3.75. The van der Waals surface area contributed by atoms with Crippen LogP contribution in [0.4, 0.5) is 0 Å². The molecule has 1 aromatic rings. The van der Waals surface area contributed by atoms with Gasteiger partial charge in [0.2, 0.25) is 0 Å². The summed E-state index contributed by atoms with van der Waals surface area (Å²) in [5, 5.41) is 5.38. The maximum Gasteiger partial charge on any atom is 0.177 e. The number of nitrogens with one attached hydrogen (secondary N) is 1. The monoisotopic (exact) mass is 281 g/mol. The molecule has 2 aliphatic rings. The summed E-state index contributed by atoms with van der Waals surface area (Å²) in [5.74, 6) is 0.904. The molecule has 1 N–H and O–H groups in total. The summed E-state index contributed by atoms with van der Waals surface area (Å²) in [7, 11) is 0. The highest BCUT2D eigenvalue weighted by Crippen LogP contribution is 2.25. The minimum absolute atomic E-state index is 0. The Balaban J connectivity index is 0.00000120. The average Bonchev–Trinajstić information content (AvgIpc) is 3.15. The van der Waals surface area contributed by atoms with Gasteiger partial charge in [0.1, 0.15) is 0 Å². The lowest BCUT2D eigenvalue weighted by molar-refractivity contribution is 0.985. The Labute approximate surface area is 118 Å². The van der Waals surface area contributed by atoms with Gasteiger partial charge in [-0.25, -0.2) is 0 Å². The van der Waals surface area contributed by atoms with E-state index in [2.05, 4.69) is 46.7 Å². The van der Waals surface area contributed by atoms with Gasteiger partial charge in [0.15, 0.2) is 5.17 Å². The number of rotatable bonds is 2. The van der Waals surface area contributed by atoms with E-state index in [1.165, 1.54) is 24.0 Å². The molecule has 1 aromatic carbocycles. The Hall–Kier alpha value is -1.00. The fourth-order valence-electron chi connectivity index (χ4n) is 1.65. The molecule has 0 spiro atoms. The van der Waals surface area contributed by atoms with Crippen LogP contribution in [0.5, 0.6) is 0 Å². The number of nitrogens with zero attached hydrogens (tertiary/aromatic N) is 2. The van der Waals surface area contributed by atoms with E-state index in [1.807, 2.05) is 0 Å². The number of thioether (sulfide) groups is 1. The molecule has 1 aliphatic heterocycles. The van der Waals surface area contributed by atoms with E-state index >= 15 is 0 Å². The number of amidine groups is 1. The van der Waals surface area contributed by atoms with Crippen molar-refractivity contribution >= 4 is 35.0 Å². The predicted octanol–water partition coefficient (Wildman–Crippen LogP) is 2.98. The molecule has 0 amide bonds. The Kier molecular flexibility index (Phi) is 4.30. The highest BCUT2D eigenvalue weighted by molar-refractivity contribution is 8.14. The van der Waals surface area contributed by atoms with Crippen molar-refractivity contribution < 1.29 is 0 Å². The number of aliphatic imine (C=N–C) groups is 1. The number of hydrazone groups is 1. The zero-order valence-electron chi connectivity index (χ0n) is 10.2. The molecule has 1 saturated carbocycles. The van der Waals surface area contributed by atoms with E-state index in [-0.39, 0.29) is 12.4 Å². The maximum absolute atomic E-state index is 4.55. The second kappa shape index (κ2) is 5.76. The fourth-order valence-corrected chi connectivity index (χ4v) is 2.48. The van der Waals surface area contributed by atoms with E-state index in [4.69, 9.17) is 0 Å². The Morgan fingerprint density at radius 3 is 2.56 bits per heavy atom. The van der Waals surface area contributed by atoms with Gasteiger partial charge in [0, 0.05) is 5.75 Å². The third kappa shape index (κ3) is 3.27. The van der Waals surface area contributed by atoms with E-state index in [9.17, 15) is 0 Å². The number of aryl methyl sites for hydroxylation is 1. The second-order valence-corrected chi connectivity index (χ2v) is 5.45. The summed E-state index contributed by atoms with van der Waals surface area (Å²) in [4.78, 5) is 4.55. The third-order valence-electron chi connectivity index (χ3n) is 2.86. The first-order valence-electron chi connectivity index (χ1n) is 5.91. The molecule has 3 nitrogen and oxygen atoms in total. The molecular formula is C13H16ClN3S. The van der Waals surface area contributed by atoms with Crippen molar-refractivity contribution in [1.82, 2.24) is 5.43 Å². The molecule has 96 valence electrons. The van der Waals surface area contributed by atoms with E-state index < -0.39 is 0 Å². The van der Waals surface area contributed by atoms with E-state index in [0.29, 0.717) is 6.04 Å². The Morgan fingerprint density at radius 2 is 2.00 bits per heavy atom. The van der Waals surface area contributed by atoms with Crippen LogP contribution in [-0.2, 0) is 0 Å². The smallest absolute Gasteiger partial charge is 0.177 e. The first-order chi connectivity index (χ1) is 8.31. The minimum Gasteiger partial charge on any atom is -0.258 e. The van der Waals surface area contributed by atoms with Crippen molar-refractivity contribution in [3.05, 3.63) is 35.4 Å². The Morgan fingerprint density at radius 1 is 1.28 bits per heavy atom. The van der Waals surface area contributed by atoms with Gasteiger partial charge in [0.05, 0.1) is 11.8 Å². The molecule has 3 rings (SSSR count). The molecule has 1 aliphatic carbocycles. The van der Waals surface area contributed by atoms with Gasteiger partial charge >= 0.3 is 0 Å². The molecule has 0 aromatic heterocycles. The van der Waals surface area contributed by atoms with E-state index in [1.54, 1.807) is 11.8 Å². The quantitative estimate of drug-likeness (QED) is 0.905. The number of halogens is 1. The normalized spacial score (nSPS) is 20.9. The summed E-state index contributed by atoms with van der Waals surface area (Å²) >= 11 is 1.75. The summed E-state index contributed by atoms with van der Waals surface area (Å²) in [6.45, 7) is 2.10. The minimum atomic E-state index is 0. The molecule has 0 saturated heterocycles. The topological polar surface area (TPSA) is 36.8 Å². The molecule has 0 radical (unpaired) electrons. The average molecular weight is 282 g/mol. The first kappa shape index (κ1) is 13.4. The highest BCUT2D eigenvalue weighted by Gasteiger charge is 2.22. The van der Waals surface area contributed by atoms with Gasteiger partial charge in [-0.2, -0.15) is 5.10 Å². The lowest BCUT2D eigenvalue weighted by Gasteiger charge is -2.14. The van der Waals surface area contributed by atoms with Crippen LogP contribution in [0.2, 0.25) is 0 Å². The van der Waals surface area contributed by atoms with Crippen LogP contribution in [0.1, 0.15) is 24.0 Å². The van der Waals surface area contributed by atoms with Crippen molar-refractivity contribution in [3.63, 3.8) is 0 Å². The summed E-state index contributed by atoms with van der Waals surface area (Å²) in [6.07, 6.45) is 2.47. The second-order valence-electron chi connectivity index (χ2n) is 4.49. The van der Waals surface area contributed by atoms with Crippen molar-refractivity contribution in [3.8, 4) is 0 Å². The van der Waals surface area contributed by atoms with Crippen LogP contribution in [0.25, 0.3) is 0 Å². The van der Waals surface area contributed by atoms with Crippen LogP contribution in [0.15, 0.2) is 34.4 Å². The van der Waals surface area contributed by atoms with Gasteiger partial charge in [-0.15, -0.1) is 12.4 Å². The zero-order valence-corrected chi connectivity index (χ0v) is 11.9. The molecule has 0 unspecified atom stereocenters. The van der Waals surface area contributed by atoms with Crippen LogP contribution in [0.3, 0.4) is 0 Å². The van der Waals surface area contributed by atoms with Gasteiger partial charge in [0.25, 0.3) is 0 Å². The molecule has 18 heavy (non-hydrogen) atoms. The Bertz CT molecular complexity index is 478. The predicted molar refractivity (Wildman–Crippen MR) is 81.0 cm³/mol. The highest BCUT2D eigenvalue weighted by atomic mass is 35.5. The van der Waals surface area contributed by atoms with Gasteiger partial charge in [-0.3, -0.25) is 10.4 Å². The fraction of sp³-hybridized carbons (Fsp3) is 0.385. The molecule has 1 fully saturated rings. The lowest BCUT2D eigenvalue weighted by atomic mass is 10.1. The first-order valence-corrected chi connectivity index (χ1v) is 6.90. The van der Waals surface area contributed by atoms with Crippen molar-refractivity contribution in [1.29, 1.82) is 0 Å². The molecule has 1 heterocycles. The zero-order chi connectivity index (χ0) is 11.7.